The molecular weight excluding hydrogens is 356 g/mol. The molecule has 4 aliphatic rings. The largest absolute Gasteiger partial charge is 0.381 e. The van der Waals surface area contributed by atoms with Gasteiger partial charge in [-0.25, -0.2) is 0 Å². The topological polar surface area (TPSA) is 50.4 Å². The lowest BCUT2D eigenvalue weighted by atomic mass is 9.61. The molecule has 4 nitrogen and oxygen atoms in total. The van der Waals surface area contributed by atoms with E-state index in [2.05, 4.69) is 53.3 Å². The predicted octanol–water partition coefficient (Wildman–Crippen LogP) is 2.71. The number of carbonyl (C=O) groups is 1. The minimum atomic E-state index is -0.704. The van der Waals surface area contributed by atoms with E-state index in [9.17, 15) is 4.79 Å². The zero-order chi connectivity index (χ0) is 18.6. The quantitative estimate of drug-likeness (QED) is 0.517. The molecule has 5 rings (SSSR count). The molecule has 2 atom stereocenters. The van der Waals surface area contributed by atoms with E-state index in [0.717, 1.165) is 43.2 Å². The van der Waals surface area contributed by atoms with Gasteiger partial charge in [-0.1, -0.05) is 17.9 Å². The van der Waals surface area contributed by atoms with Crippen LogP contribution in [0.2, 0.25) is 0 Å². The van der Waals surface area contributed by atoms with Gasteiger partial charge < -0.3 is 10.1 Å². The van der Waals surface area contributed by atoms with Crippen molar-refractivity contribution in [2.75, 3.05) is 7.11 Å². The van der Waals surface area contributed by atoms with Crippen LogP contribution in [0.5, 0.6) is 0 Å². The molecule has 2 N–H and O–H groups in total. The molecule has 1 aliphatic heterocycles. The first-order valence-electron chi connectivity index (χ1n) is 10.0. The Morgan fingerprint density at radius 2 is 2.00 bits per heavy atom. The Hall–Kier alpha value is -1.48. The van der Waals surface area contributed by atoms with E-state index >= 15 is 0 Å². The van der Waals surface area contributed by atoms with Crippen molar-refractivity contribution in [1.29, 1.82) is 0 Å². The van der Waals surface area contributed by atoms with Crippen LogP contribution in [0, 0.1) is 23.2 Å². The van der Waals surface area contributed by atoms with Crippen molar-refractivity contribution >= 4 is 18.5 Å². The summed E-state index contributed by atoms with van der Waals surface area (Å²) in [4.78, 5) is 13.3. The van der Waals surface area contributed by atoms with Gasteiger partial charge in [-0.05, 0) is 68.2 Å². The van der Waals surface area contributed by atoms with E-state index in [0.29, 0.717) is 12.0 Å². The lowest BCUT2D eigenvalue weighted by molar-refractivity contribution is -0.131. The number of benzene rings is 1. The van der Waals surface area contributed by atoms with Crippen molar-refractivity contribution in [1.82, 2.24) is 10.6 Å². The predicted molar refractivity (Wildman–Crippen MR) is 107 cm³/mol. The molecule has 1 amide bonds. The van der Waals surface area contributed by atoms with Crippen molar-refractivity contribution in [2.45, 2.75) is 62.1 Å². The molecule has 5 heteroatoms. The van der Waals surface area contributed by atoms with Gasteiger partial charge in [0.25, 0.3) is 0 Å². The Morgan fingerprint density at radius 3 is 2.63 bits per heavy atom. The van der Waals surface area contributed by atoms with Crippen molar-refractivity contribution in [3.05, 3.63) is 34.9 Å². The molecule has 27 heavy (non-hydrogen) atoms. The normalized spacial score (nSPS) is 37.2. The molecule has 0 aromatic heterocycles. The fourth-order valence-corrected chi connectivity index (χ4v) is 5.73. The van der Waals surface area contributed by atoms with Gasteiger partial charge in [0.05, 0.1) is 6.10 Å². The van der Waals surface area contributed by atoms with Crippen molar-refractivity contribution in [2.24, 2.45) is 11.3 Å². The average molecular weight is 383 g/mol. The Labute approximate surface area is 166 Å². The average Bonchev–Trinajstić information content (AvgIpc) is 3.40. The second-order valence-electron chi connectivity index (χ2n) is 8.58. The first-order valence-corrected chi connectivity index (χ1v) is 10.5. The molecule has 2 unspecified atom stereocenters. The summed E-state index contributed by atoms with van der Waals surface area (Å²) in [6.07, 6.45) is 7.60. The van der Waals surface area contributed by atoms with Gasteiger partial charge in [-0.15, -0.1) is 12.6 Å². The fraction of sp³-hybridized carbons (Fsp3) is 0.591. The number of hydrogen-bond acceptors (Lipinski definition) is 4. The number of amides is 1. The molecule has 1 heterocycles. The van der Waals surface area contributed by atoms with Crippen LogP contribution in [0.1, 0.15) is 55.2 Å². The number of methoxy groups -OCH3 is 1. The van der Waals surface area contributed by atoms with Crippen LogP contribution in [-0.2, 0) is 21.5 Å². The summed E-state index contributed by atoms with van der Waals surface area (Å²) in [6.45, 7) is 0. The summed E-state index contributed by atoms with van der Waals surface area (Å²) in [5.74, 6) is 7.30. The highest BCUT2D eigenvalue weighted by molar-refractivity contribution is 7.80. The number of nitrogens with one attached hydrogen (secondary N) is 2. The van der Waals surface area contributed by atoms with Crippen LogP contribution in [0.4, 0.5) is 0 Å². The highest BCUT2D eigenvalue weighted by Gasteiger charge is 2.65. The van der Waals surface area contributed by atoms with Gasteiger partial charge in [-0.3, -0.25) is 10.1 Å². The second-order valence-corrected chi connectivity index (χ2v) is 9.09. The molecule has 0 bridgehead atoms. The van der Waals surface area contributed by atoms with Gasteiger partial charge >= 0.3 is 0 Å². The lowest BCUT2D eigenvalue weighted by Crippen LogP contribution is -2.56. The summed E-state index contributed by atoms with van der Waals surface area (Å²) in [5.41, 5.74) is 2.25. The maximum atomic E-state index is 13.3. The molecule has 2 saturated carbocycles. The van der Waals surface area contributed by atoms with E-state index in [4.69, 9.17) is 4.74 Å². The van der Waals surface area contributed by atoms with Gasteiger partial charge in [0, 0.05) is 24.0 Å². The zero-order valence-electron chi connectivity index (χ0n) is 15.7. The Morgan fingerprint density at radius 1 is 1.22 bits per heavy atom. The van der Waals surface area contributed by atoms with Crippen LogP contribution in [0.15, 0.2) is 18.2 Å². The van der Waals surface area contributed by atoms with Crippen LogP contribution in [-0.4, -0.2) is 24.6 Å². The van der Waals surface area contributed by atoms with Crippen LogP contribution in [0.25, 0.3) is 0 Å². The first-order chi connectivity index (χ1) is 13.1. The smallest absolute Gasteiger partial charge is 0.247 e. The molecule has 3 fully saturated rings. The third-order valence-corrected chi connectivity index (χ3v) is 7.28. The van der Waals surface area contributed by atoms with Gasteiger partial charge in [0.1, 0.15) is 11.0 Å². The molecular formula is C22H26N2O2S. The Balaban J connectivity index is 1.58. The Kier molecular flexibility index (Phi) is 4.09. The van der Waals surface area contributed by atoms with E-state index in [-0.39, 0.29) is 16.8 Å². The number of fused-ring (bicyclic) bond motifs is 3. The van der Waals surface area contributed by atoms with E-state index in [1.807, 2.05) is 0 Å². The van der Waals surface area contributed by atoms with E-state index in [1.165, 1.54) is 18.4 Å². The first kappa shape index (κ1) is 17.6. The van der Waals surface area contributed by atoms with Crippen LogP contribution in [0.3, 0.4) is 0 Å². The molecule has 1 saturated heterocycles. The van der Waals surface area contributed by atoms with Crippen molar-refractivity contribution in [3.63, 3.8) is 0 Å². The fourth-order valence-electron chi connectivity index (χ4n) is 5.42. The Bertz CT molecular complexity index is 846. The number of carbonyl (C=O) groups excluding carboxylic acids is 1. The van der Waals surface area contributed by atoms with Gasteiger partial charge in [0.2, 0.25) is 5.91 Å². The standard InChI is InChI=1S/C22H26N2O2S/c1-26-17-8-10-21(11-9-17)13-16-7-6-15(5-4-14-2-3-14)12-18(16)22(21)19(25)23-20(27)24-22/h6-7,12,14,17,20,24,27H,2-3,8-11,13H2,1H3,(H,23,25). The molecule has 3 aliphatic carbocycles. The van der Waals surface area contributed by atoms with Gasteiger partial charge in [-0.2, -0.15) is 0 Å². The third kappa shape index (κ3) is 2.65. The van der Waals surface area contributed by atoms with Crippen LogP contribution >= 0.6 is 12.6 Å². The van der Waals surface area contributed by atoms with E-state index < -0.39 is 5.54 Å². The lowest BCUT2D eigenvalue weighted by Gasteiger charge is -2.46. The monoisotopic (exact) mass is 382 g/mol. The summed E-state index contributed by atoms with van der Waals surface area (Å²) in [6, 6.07) is 6.46. The maximum Gasteiger partial charge on any atom is 0.247 e. The number of ether oxygens (including phenoxy) is 1. The summed E-state index contributed by atoms with van der Waals surface area (Å²) < 4.78 is 5.60. The SMILES string of the molecule is COC1CCC2(CC1)Cc1ccc(C#CC3CC3)cc1C21NC(S)NC1=O. The molecule has 142 valence electrons. The minimum Gasteiger partial charge on any atom is -0.381 e. The summed E-state index contributed by atoms with van der Waals surface area (Å²) in [7, 11) is 1.79. The molecule has 1 aromatic rings. The highest BCUT2D eigenvalue weighted by atomic mass is 32.1. The summed E-state index contributed by atoms with van der Waals surface area (Å²) in [5, 5.41) is 6.56. The third-order valence-electron chi connectivity index (χ3n) is 7.02. The second kappa shape index (κ2) is 6.27. The van der Waals surface area contributed by atoms with E-state index in [1.54, 1.807) is 7.11 Å². The minimum absolute atomic E-state index is 0.0596. The van der Waals surface area contributed by atoms with Crippen LogP contribution < -0.4 is 10.6 Å². The number of hydrogen-bond donors (Lipinski definition) is 3. The van der Waals surface area contributed by atoms with Crippen molar-refractivity contribution in [3.8, 4) is 11.8 Å². The summed E-state index contributed by atoms with van der Waals surface area (Å²) >= 11 is 4.54. The highest BCUT2D eigenvalue weighted by Crippen LogP contribution is 2.59. The maximum absolute atomic E-state index is 13.3. The number of rotatable bonds is 1. The molecule has 0 radical (unpaired) electrons. The zero-order valence-corrected chi connectivity index (χ0v) is 16.6. The number of thiol groups is 1. The molecule has 2 spiro atoms. The molecule has 1 aromatic carbocycles. The van der Waals surface area contributed by atoms with Gasteiger partial charge in [0.15, 0.2) is 0 Å². The van der Waals surface area contributed by atoms with Crippen molar-refractivity contribution < 1.29 is 9.53 Å².